The molecule has 1 saturated heterocycles. The number of carbonyl (C=O) groups is 2. The Morgan fingerprint density at radius 1 is 1.04 bits per heavy atom. The minimum atomic E-state index is -1.08. The van der Waals surface area contributed by atoms with E-state index in [0.29, 0.717) is 37.3 Å². The van der Waals surface area contributed by atoms with E-state index in [1.54, 1.807) is 41.8 Å². The fraction of sp³-hybridized carbons (Fsp3) is 0.333. The number of amides is 2. The topological polar surface area (TPSA) is 60.9 Å². The zero-order valence-electron chi connectivity index (χ0n) is 15.4. The first-order valence-corrected chi connectivity index (χ1v) is 9.69. The molecule has 1 aliphatic rings. The van der Waals surface area contributed by atoms with Crippen LogP contribution in [0.4, 0.5) is 0 Å². The van der Waals surface area contributed by atoms with Crippen LogP contribution in [0.5, 0.6) is 0 Å². The Kier molecular flexibility index (Phi) is 5.64. The third-order valence-corrected chi connectivity index (χ3v) is 5.07. The molecule has 1 aliphatic heterocycles. The van der Waals surface area contributed by atoms with Gasteiger partial charge in [-0.15, -0.1) is 11.3 Å². The molecule has 0 bridgehead atoms. The van der Waals surface area contributed by atoms with Gasteiger partial charge in [0.2, 0.25) is 0 Å². The zero-order chi connectivity index (χ0) is 19.4. The van der Waals surface area contributed by atoms with Crippen molar-refractivity contribution in [3.8, 4) is 11.8 Å². The Balaban J connectivity index is 1.64. The van der Waals surface area contributed by atoms with Gasteiger partial charge in [0.25, 0.3) is 11.8 Å². The molecule has 140 valence electrons. The van der Waals surface area contributed by atoms with Gasteiger partial charge in [0.1, 0.15) is 5.60 Å². The van der Waals surface area contributed by atoms with Gasteiger partial charge in [-0.05, 0) is 43.5 Å². The summed E-state index contributed by atoms with van der Waals surface area (Å²) < 4.78 is 0. The largest absolute Gasteiger partial charge is 0.378 e. The highest BCUT2D eigenvalue weighted by Crippen LogP contribution is 2.15. The molecule has 0 spiro atoms. The third-order valence-electron chi connectivity index (χ3n) is 4.21. The number of benzene rings is 1. The SMILES string of the molecule is CC(C)(O)C#Cc1cccc(C(=O)N2CCN(C(=O)c3cccs3)CC2)c1. The highest BCUT2D eigenvalue weighted by atomic mass is 32.1. The van der Waals surface area contributed by atoms with Crippen LogP contribution in [0.25, 0.3) is 0 Å². The van der Waals surface area contributed by atoms with Gasteiger partial charge in [0, 0.05) is 37.3 Å². The lowest BCUT2D eigenvalue weighted by Crippen LogP contribution is -2.50. The second-order valence-electron chi connectivity index (χ2n) is 6.95. The highest BCUT2D eigenvalue weighted by molar-refractivity contribution is 7.12. The predicted molar refractivity (Wildman–Crippen MR) is 106 cm³/mol. The average Bonchev–Trinajstić information content (AvgIpc) is 3.20. The van der Waals surface area contributed by atoms with Crippen LogP contribution < -0.4 is 0 Å². The minimum absolute atomic E-state index is 0.0287. The maximum atomic E-state index is 12.8. The van der Waals surface area contributed by atoms with Crippen LogP contribution in [0.15, 0.2) is 41.8 Å². The molecule has 1 N–H and O–H groups in total. The summed E-state index contributed by atoms with van der Waals surface area (Å²) >= 11 is 1.43. The lowest BCUT2D eigenvalue weighted by molar-refractivity contribution is 0.0538. The van der Waals surface area contributed by atoms with Crippen LogP contribution in [0.3, 0.4) is 0 Å². The number of hydrogen-bond donors (Lipinski definition) is 1. The summed E-state index contributed by atoms with van der Waals surface area (Å²) in [7, 11) is 0. The molecule has 0 aliphatic carbocycles. The maximum Gasteiger partial charge on any atom is 0.264 e. The first-order valence-electron chi connectivity index (χ1n) is 8.81. The average molecular weight is 382 g/mol. The van der Waals surface area contributed by atoms with Gasteiger partial charge in [-0.25, -0.2) is 0 Å². The molecule has 3 rings (SSSR count). The highest BCUT2D eigenvalue weighted by Gasteiger charge is 2.25. The van der Waals surface area contributed by atoms with Gasteiger partial charge in [0.15, 0.2) is 0 Å². The molecular formula is C21H22N2O3S. The van der Waals surface area contributed by atoms with Crippen LogP contribution in [0.1, 0.15) is 39.4 Å². The smallest absolute Gasteiger partial charge is 0.264 e. The van der Waals surface area contributed by atoms with E-state index in [9.17, 15) is 14.7 Å². The molecule has 2 aromatic rings. The van der Waals surface area contributed by atoms with Crippen molar-refractivity contribution in [2.24, 2.45) is 0 Å². The molecule has 0 saturated carbocycles. The summed E-state index contributed by atoms with van der Waals surface area (Å²) in [5.41, 5.74) is 0.177. The number of nitrogens with zero attached hydrogens (tertiary/aromatic N) is 2. The molecule has 6 heteroatoms. The second kappa shape index (κ2) is 7.95. The number of hydrogen-bond acceptors (Lipinski definition) is 4. The molecule has 0 radical (unpaired) electrons. The summed E-state index contributed by atoms with van der Waals surface area (Å²) in [6.07, 6.45) is 0. The van der Waals surface area contributed by atoms with Gasteiger partial charge >= 0.3 is 0 Å². The number of thiophene rings is 1. The van der Waals surface area contributed by atoms with E-state index >= 15 is 0 Å². The number of aliphatic hydroxyl groups is 1. The molecule has 5 nitrogen and oxygen atoms in total. The van der Waals surface area contributed by atoms with Crippen molar-refractivity contribution in [3.05, 3.63) is 57.8 Å². The van der Waals surface area contributed by atoms with Gasteiger partial charge in [0.05, 0.1) is 4.88 Å². The molecule has 0 atom stereocenters. The molecule has 27 heavy (non-hydrogen) atoms. The van der Waals surface area contributed by atoms with Crippen molar-refractivity contribution >= 4 is 23.2 Å². The van der Waals surface area contributed by atoms with Crippen molar-refractivity contribution in [1.29, 1.82) is 0 Å². The molecular weight excluding hydrogens is 360 g/mol. The van der Waals surface area contributed by atoms with Crippen LogP contribution in [-0.4, -0.2) is 58.5 Å². The van der Waals surface area contributed by atoms with E-state index in [-0.39, 0.29) is 11.8 Å². The summed E-state index contributed by atoms with van der Waals surface area (Å²) in [6, 6.07) is 10.8. The van der Waals surface area contributed by atoms with E-state index in [1.807, 2.05) is 23.6 Å². The Morgan fingerprint density at radius 2 is 1.70 bits per heavy atom. The van der Waals surface area contributed by atoms with E-state index in [1.165, 1.54) is 11.3 Å². The fourth-order valence-corrected chi connectivity index (χ4v) is 3.50. The zero-order valence-corrected chi connectivity index (χ0v) is 16.3. The lowest BCUT2D eigenvalue weighted by Gasteiger charge is -2.34. The fourth-order valence-electron chi connectivity index (χ4n) is 2.81. The molecule has 0 unspecified atom stereocenters. The van der Waals surface area contributed by atoms with E-state index in [0.717, 1.165) is 4.88 Å². The maximum absolute atomic E-state index is 12.8. The summed E-state index contributed by atoms with van der Waals surface area (Å²) in [4.78, 5) is 29.5. The van der Waals surface area contributed by atoms with Gasteiger partial charge in [-0.3, -0.25) is 9.59 Å². The van der Waals surface area contributed by atoms with Crippen LogP contribution in [0, 0.1) is 11.8 Å². The van der Waals surface area contributed by atoms with Crippen LogP contribution in [-0.2, 0) is 0 Å². The minimum Gasteiger partial charge on any atom is -0.378 e. The van der Waals surface area contributed by atoms with Crippen molar-refractivity contribution in [1.82, 2.24) is 9.80 Å². The Hall–Kier alpha value is -2.62. The van der Waals surface area contributed by atoms with E-state index < -0.39 is 5.60 Å². The summed E-state index contributed by atoms with van der Waals surface area (Å²) in [5.74, 6) is 5.61. The molecule has 1 aromatic carbocycles. The van der Waals surface area contributed by atoms with Crippen molar-refractivity contribution in [2.45, 2.75) is 19.4 Å². The number of piperazine rings is 1. The normalized spacial score (nSPS) is 14.5. The second-order valence-corrected chi connectivity index (χ2v) is 7.90. The predicted octanol–water partition coefficient (Wildman–Crippen LogP) is 2.47. The Labute approximate surface area is 163 Å². The Bertz CT molecular complexity index is 880. The number of rotatable bonds is 2. The molecule has 1 aromatic heterocycles. The van der Waals surface area contributed by atoms with Crippen molar-refractivity contribution in [3.63, 3.8) is 0 Å². The lowest BCUT2D eigenvalue weighted by atomic mass is 10.1. The molecule has 2 amide bonds. The molecule has 1 fully saturated rings. The number of carbonyl (C=O) groups excluding carboxylic acids is 2. The first-order chi connectivity index (χ1) is 12.8. The Morgan fingerprint density at radius 3 is 2.30 bits per heavy atom. The van der Waals surface area contributed by atoms with Gasteiger partial charge in [-0.2, -0.15) is 0 Å². The summed E-state index contributed by atoms with van der Waals surface area (Å²) in [5, 5.41) is 11.6. The quantitative estimate of drug-likeness (QED) is 0.812. The van der Waals surface area contributed by atoms with E-state index in [4.69, 9.17) is 0 Å². The monoisotopic (exact) mass is 382 g/mol. The van der Waals surface area contributed by atoms with Gasteiger partial charge in [-0.1, -0.05) is 24.0 Å². The van der Waals surface area contributed by atoms with E-state index in [2.05, 4.69) is 11.8 Å². The first kappa shape index (κ1) is 19.2. The third kappa shape index (κ3) is 4.97. The van der Waals surface area contributed by atoms with Gasteiger partial charge < -0.3 is 14.9 Å². The van der Waals surface area contributed by atoms with Crippen LogP contribution in [0.2, 0.25) is 0 Å². The standard InChI is InChI=1S/C21H22N2O3S/c1-21(2,26)9-8-16-5-3-6-17(15-16)19(24)22-10-12-23(13-11-22)20(25)18-7-4-14-27-18/h3-7,14-15,26H,10-13H2,1-2H3. The molecule has 2 heterocycles. The summed E-state index contributed by atoms with van der Waals surface area (Å²) in [6.45, 7) is 5.31. The van der Waals surface area contributed by atoms with Crippen LogP contribution >= 0.6 is 11.3 Å². The van der Waals surface area contributed by atoms with Crippen molar-refractivity contribution in [2.75, 3.05) is 26.2 Å². The van der Waals surface area contributed by atoms with Crippen molar-refractivity contribution < 1.29 is 14.7 Å².